The molecular formula is C11H16N6OS2. The molecule has 108 valence electrons. The molecule has 9 heteroatoms. The van der Waals surface area contributed by atoms with Crippen molar-refractivity contribution in [3.63, 3.8) is 0 Å². The van der Waals surface area contributed by atoms with Crippen LogP contribution in [0.4, 0.5) is 5.13 Å². The number of aromatic nitrogens is 4. The maximum absolute atomic E-state index is 11.8. The third-order valence-corrected chi connectivity index (χ3v) is 4.32. The van der Waals surface area contributed by atoms with Gasteiger partial charge < -0.3 is 11.1 Å². The third-order valence-electron chi connectivity index (χ3n) is 2.43. The molecule has 2 rings (SSSR count). The van der Waals surface area contributed by atoms with Gasteiger partial charge in [-0.25, -0.2) is 0 Å². The molecule has 2 heterocycles. The number of hydrogen-bond donors (Lipinski definition) is 3. The fraction of sp³-hybridized carbons (Fsp3) is 0.455. The van der Waals surface area contributed by atoms with E-state index in [4.69, 9.17) is 5.73 Å². The molecule has 0 aliphatic heterocycles. The summed E-state index contributed by atoms with van der Waals surface area (Å²) >= 11 is 2.61. The zero-order valence-corrected chi connectivity index (χ0v) is 12.8. The number of nitrogens with two attached hydrogens (primary N) is 1. The summed E-state index contributed by atoms with van der Waals surface area (Å²) in [7, 11) is 0. The van der Waals surface area contributed by atoms with Crippen LogP contribution in [0.15, 0.2) is 10.4 Å². The number of nitrogens with one attached hydrogen (secondary N) is 2. The highest BCUT2D eigenvalue weighted by atomic mass is 32.2. The van der Waals surface area contributed by atoms with Crippen molar-refractivity contribution in [2.24, 2.45) is 0 Å². The van der Waals surface area contributed by atoms with Crippen molar-refractivity contribution in [1.82, 2.24) is 25.7 Å². The molecule has 0 radical (unpaired) electrons. The van der Waals surface area contributed by atoms with E-state index < -0.39 is 0 Å². The first-order valence-corrected chi connectivity index (χ1v) is 7.85. The van der Waals surface area contributed by atoms with Gasteiger partial charge in [-0.3, -0.25) is 9.89 Å². The Morgan fingerprint density at radius 1 is 1.60 bits per heavy atom. The Morgan fingerprint density at radius 3 is 3.00 bits per heavy atom. The molecule has 7 nitrogen and oxygen atoms in total. The van der Waals surface area contributed by atoms with E-state index in [-0.39, 0.29) is 11.9 Å². The van der Waals surface area contributed by atoms with Gasteiger partial charge in [0.05, 0.1) is 11.4 Å². The lowest BCUT2D eigenvalue weighted by molar-refractivity contribution is -0.119. The fourth-order valence-electron chi connectivity index (χ4n) is 1.67. The number of hydrogen-bond acceptors (Lipinski definition) is 7. The molecular weight excluding hydrogens is 296 g/mol. The number of aryl methyl sites for hydroxylation is 1. The Bertz CT molecular complexity index is 581. The van der Waals surface area contributed by atoms with Gasteiger partial charge in [0.15, 0.2) is 4.34 Å². The second-order valence-electron chi connectivity index (χ2n) is 4.41. The van der Waals surface area contributed by atoms with E-state index in [0.717, 1.165) is 11.4 Å². The van der Waals surface area contributed by atoms with E-state index in [9.17, 15) is 4.79 Å². The number of H-pyrrole nitrogens is 1. The monoisotopic (exact) mass is 312 g/mol. The average Bonchev–Trinajstić information content (AvgIpc) is 2.96. The van der Waals surface area contributed by atoms with Crippen LogP contribution in [0.5, 0.6) is 0 Å². The number of thioether (sulfide) groups is 1. The quantitative estimate of drug-likeness (QED) is 0.686. The molecule has 0 spiro atoms. The summed E-state index contributed by atoms with van der Waals surface area (Å²) in [6.45, 7) is 3.90. The second kappa shape index (κ2) is 6.71. The highest BCUT2D eigenvalue weighted by Crippen LogP contribution is 2.23. The number of carbonyl (C=O) groups excluding carboxylic acids is 1. The molecule has 0 aromatic carbocycles. The lowest BCUT2D eigenvalue weighted by Crippen LogP contribution is -2.35. The van der Waals surface area contributed by atoms with Crippen LogP contribution in [0.2, 0.25) is 0 Å². The normalized spacial score (nSPS) is 12.3. The predicted molar refractivity (Wildman–Crippen MR) is 79.7 cm³/mol. The van der Waals surface area contributed by atoms with Gasteiger partial charge in [-0.05, 0) is 19.9 Å². The maximum Gasteiger partial charge on any atom is 0.230 e. The number of anilines is 1. The van der Waals surface area contributed by atoms with Crippen LogP contribution in [-0.2, 0) is 11.2 Å². The molecule has 0 unspecified atom stereocenters. The summed E-state index contributed by atoms with van der Waals surface area (Å²) in [5, 5.41) is 17.9. The van der Waals surface area contributed by atoms with Crippen molar-refractivity contribution in [3.05, 3.63) is 17.5 Å². The van der Waals surface area contributed by atoms with Crippen molar-refractivity contribution < 1.29 is 4.79 Å². The van der Waals surface area contributed by atoms with Crippen LogP contribution >= 0.6 is 23.1 Å². The minimum Gasteiger partial charge on any atom is -0.374 e. The summed E-state index contributed by atoms with van der Waals surface area (Å²) in [4.78, 5) is 11.8. The Balaban J connectivity index is 1.73. The molecule has 2 aromatic rings. The van der Waals surface area contributed by atoms with Gasteiger partial charge in [-0.15, -0.1) is 10.2 Å². The molecule has 1 amide bonds. The third kappa shape index (κ3) is 4.49. The zero-order chi connectivity index (χ0) is 14.5. The first-order valence-electron chi connectivity index (χ1n) is 6.05. The molecule has 0 fully saturated rings. The van der Waals surface area contributed by atoms with Gasteiger partial charge in [0.2, 0.25) is 11.0 Å². The van der Waals surface area contributed by atoms with Gasteiger partial charge in [0.25, 0.3) is 0 Å². The summed E-state index contributed by atoms with van der Waals surface area (Å²) < 4.78 is 0.702. The van der Waals surface area contributed by atoms with Crippen LogP contribution < -0.4 is 11.1 Å². The number of amides is 1. The first-order chi connectivity index (χ1) is 9.52. The van der Waals surface area contributed by atoms with Gasteiger partial charge in [0.1, 0.15) is 0 Å². The SMILES string of the molecule is Cc1cc(C[C@@H](C)NC(=O)CSc2nnc(N)s2)n[nH]1. The van der Waals surface area contributed by atoms with Crippen LogP contribution in [0, 0.1) is 6.92 Å². The van der Waals surface area contributed by atoms with Gasteiger partial charge in [0, 0.05) is 18.2 Å². The van der Waals surface area contributed by atoms with E-state index in [0.29, 0.717) is 21.6 Å². The van der Waals surface area contributed by atoms with Crippen molar-refractivity contribution in [3.8, 4) is 0 Å². The van der Waals surface area contributed by atoms with Crippen LogP contribution in [0.25, 0.3) is 0 Å². The molecule has 0 aliphatic rings. The number of rotatable bonds is 6. The Kier molecular flexibility index (Phi) is 4.96. The minimum absolute atomic E-state index is 0.0327. The Morgan fingerprint density at radius 2 is 2.40 bits per heavy atom. The largest absolute Gasteiger partial charge is 0.374 e. The van der Waals surface area contributed by atoms with E-state index >= 15 is 0 Å². The standard InChI is InChI=1S/C11H16N6OS2/c1-6(3-8-4-7(2)14-15-8)13-9(18)5-19-11-17-16-10(12)20-11/h4,6H,3,5H2,1-2H3,(H2,12,16)(H,13,18)(H,14,15)/t6-/m1/s1. The number of nitrogen functional groups attached to an aromatic ring is 1. The predicted octanol–water partition coefficient (Wildman–Crippen LogP) is 0.991. The van der Waals surface area contributed by atoms with E-state index in [2.05, 4.69) is 25.7 Å². The Labute approximate surface area is 124 Å². The lowest BCUT2D eigenvalue weighted by atomic mass is 10.2. The highest BCUT2D eigenvalue weighted by molar-refractivity contribution is 8.01. The van der Waals surface area contributed by atoms with E-state index in [1.807, 2.05) is 19.9 Å². The Hall–Kier alpha value is -1.61. The van der Waals surface area contributed by atoms with Crippen molar-refractivity contribution >= 4 is 34.1 Å². The topological polar surface area (TPSA) is 110 Å². The van der Waals surface area contributed by atoms with Crippen LogP contribution in [-0.4, -0.2) is 38.1 Å². The number of carbonyl (C=O) groups is 1. The van der Waals surface area contributed by atoms with E-state index in [1.165, 1.54) is 23.1 Å². The van der Waals surface area contributed by atoms with Crippen LogP contribution in [0.1, 0.15) is 18.3 Å². The minimum atomic E-state index is -0.0384. The zero-order valence-electron chi connectivity index (χ0n) is 11.2. The van der Waals surface area contributed by atoms with Gasteiger partial charge in [-0.1, -0.05) is 23.1 Å². The first kappa shape index (κ1) is 14.8. The summed E-state index contributed by atoms with van der Waals surface area (Å²) in [5.74, 6) is 0.266. The summed E-state index contributed by atoms with van der Waals surface area (Å²) in [5.41, 5.74) is 7.44. The molecule has 20 heavy (non-hydrogen) atoms. The number of aromatic amines is 1. The molecule has 0 saturated carbocycles. The van der Waals surface area contributed by atoms with Crippen molar-refractivity contribution in [2.75, 3.05) is 11.5 Å². The number of nitrogens with zero attached hydrogens (tertiary/aromatic N) is 3. The average molecular weight is 312 g/mol. The lowest BCUT2D eigenvalue weighted by Gasteiger charge is -2.11. The smallest absolute Gasteiger partial charge is 0.230 e. The molecule has 1 atom stereocenters. The van der Waals surface area contributed by atoms with E-state index in [1.54, 1.807) is 0 Å². The van der Waals surface area contributed by atoms with Gasteiger partial charge >= 0.3 is 0 Å². The summed E-state index contributed by atoms with van der Waals surface area (Å²) in [6, 6.07) is 2.01. The molecule has 4 N–H and O–H groups in total. The molecule has 0 aliphatic carbocycles. The highest BCUT2D eigenvalue weighted by Gasteiger charge is 2.11. The van der Waals surface area contributed by atoms with Crippen molar-refractivity contribution in [1.29, 1.82) is 0 Å². The van der Waals surface area contributed by atoms with Gasteiger partial charge in [-0.2, -0.15) is 5.10 Å². The van der Waals surface area contributed by atoms with Crippen molar-refractivity contribution in [2.45, 2.75) is 30.6 Å². The second-order valence-corrected chi connectivity index (χ2v) is 6.64. The summed E-state index contributed by atoms with van der Waals surface area (Å²) in [6.07, 6.45) is 0.701. The molecule has 2 aromatic heterocycles. The maximum atomic E-state index is 11.8. The fourth-order valence-corrected chi connectivity index (χ4v) is 3.11. The molecule has 0 saturated heterocycles. The molecule has 0 bridgehead atoms. The van der Waals surface area contributed by atoms with Crippen LogP contribution in [0.3, 0.4) is 0 Å².